The Kier molecular flexibility index (Phi) is 6.63. The Morgan fingerprint density at radius 3 is 2.56 bits per heavy atom. The maximum Gasteiger partial charge on any atom is 0.248 e. The molecule has 0 aromatic heterocycles. The van der Waals surface area contributed by atoms with Crippen molar-refractivity contribution in [2.45, 2.75) is 37.1 Å². The van der Waals surface area contributed by atoms with Gasteiger partial charge in [0.25, 0.3) is 0 Å². The third-order valence-corrected chi connectivity index (χ3v) is 4.17. The first kappa shape index (κ1) is 15.4. The number of carbonyl (C=O) groups is 2. The summed E-state index contributed by atoms with van der Waals surface area (Å²) < 4.78 is 4.83. The van der Waals surface area contributed by atoms with Crippen molar-refractivity contribution in [2.24, 2.45) is 0 Å². The van der Waals surface area contributed by atoms with E-state index in [1.54, 1.807) is 4.90 Å². The van der Waals surface area contributed by atoms with E-state index >= 15 is 0 Å². The predicted octanol–water partition coefficient (Wildman–Crippen LogP) is 0.913. The largest absolute Gasteiger partial charge is 0.375 e. The minimum Gasteiger partial charge on any atom is -0.375 e. The number of carbonyl (C=O) groups excluding carboxylic acids is 2. The molecule has 6 heteroatoms. The van der Waals surface area contributed by atoms with E-state index in [2.05, 4.69) is 21.2 Å². The van der Waals surface area contributed by atoms with E-state index in [-0.39, 0.29) is 29.3 Å². The fraction of sp³-hybridized carbons (Fsp3) is 0.833. The Labute approximate surface area is 116 Å². The maximum atomic E-state index is 11.7. The summed E-state index contributed by atoms with van der Waals surface area (Å²) in [6.45, 7) is 3.47. The fourth-order valence-electron chi connectivity index (χ4n) is 1.96. The highest BCUT2D eigenvalue weighted by molar-refractivity contribution is 9.10. The number of rotatable bonds is 5. The zero-order valence-electron chi connectivity index (χ0n) is 10.9. The highest BCUT2D eigenvalue weighted by Gasteiger charge is 2.24. The molecule has 1 unspecified atom stereocenters. The number of halogens is 1. The molecule has 1 fully saturated rings. The van der Waals surface area contributed by atoms with Gasteiger partial charge in [0.05, 0.1) is 4.83 Å². The number of hydrogen-bond acceptors (Lipinski definition) is 3. The molecule has 2 amide bonds. The smallest absolute Gasteiger partial charge is 0.248 e. The number of alkyl halides is 1. The molecule has 1 atom stereocenters. The second-order valence-electron chi connectivity index (χ2n) is 4.47. The number of methoxy groups -OCH3 is 1. The van der Waals surface area contributed by atoms with Crippen LogP contribution >= 0.6 is 15.9 Å². The number of amides is 2. The first-order chi connectivity index (χ1) is 8.58. The molecule has 0 aromatic carbocycles. The summed E-state index contributed by atoms with van der Waals surface area (Å²) in [6, 6.07) is 0.177. The molecule has 0 aromatic rings. The summed E-state index contributed by atoms with van der Waals surface area (Å²) in [5, 5.41) is 3.01. The van der Waals surface area contributed by atoms with Crippen molar-refractivity contribution in [3.63, 3.8) is 0 Å². The zero-order valence-corrected chi connectivity index (χ0v) is 12.5. The van der Waals surface area contributed by atoms with Gasteiger partial charge in [-0.15, -0.1) is 0 Å². The normalized spacial score (nSPS) is 18.5. The van der Waals surface area contributed by atoms with E-state index in [1.165, 1.54) is 7.11 Å². The van der Waals surface area contributed by atoms with Gasteiger partial charge >= 0.3 is 0 Å². The summed E-state index contributed by atoms with van der Waals surface area (Å²) in [6.07, 6.45) is 2.40. The SMILES string of the molecule is CCC(Br)C(=O)NC1CCN(C(=O)COC)CC1. The predicted molar refractivity (Wildman–Crippen MR) is 72.6 cm³/mol. The van der Waals surface area contributed by atoms with E-state index < -0.39 is 0 Å². The minimum atomic E-state index is -0.120. The standard InChI is InChI=1S/C12H21BrN2O3/c1-3-10(13)12(17)14-9-4-6-15(7-5-9)11(16)8-18-2/h9-10H,3-8H2,1-2H3,(H,14,17). The van der Waals surface area contributed by atoms with Gasteiger partial charge in [0, 0.05) is 26.2 Å². The van der Waals surface area contributed by atoms with Crippen molar-refractivity contribution in [1.82, 2.24) is 10.2 Å². The van der Waals surface area contributed by atoms with Crippen molar-refractivity contribution in [3.8, 4) is 0 Å². The van der Waals surface area contributed by atoms with Crippen LogP contribution in [0.3, 0.4) is 0 Å². The highest BCUT2D eigenvalue weighted by atomic mass is 79.9. The van der Waals surface area contributed by atoms with Gasteiger partial charge in [0.2, 0.25) is 11.8 Å². The highest BCUT2D eigenvalue weighted by Crippen LogP contribution is 2.12. The van der Waals surface area contributed by atoms with Crippen LogP contribution in [0, 0.1) is 0 Å². The van der Waals surface area contributed by atoms with Gasteiger partial charge in [-0.05, 0) is 19.3 Å². The number of hydrogen-bond donors (Lipinski definition) is 1. The Hall–Kier alpha value is -0.620. The lowest BCUT2D eigenvalue weighted by Gasteiger charge is -2.32. The first-order valence-electron chi connectivity index (χ1n) is 6.29. The maximum absolute atomic E-state index is 11.7. The van der Waals surface area contributed by atoms with Gasteiger partial charge in [0.1, 0.15) is 6.61 Å². The van der Waals surface area contributed by atoms with Crippen LogP contribution < -0.4 is 5.32 Å². The molecule has 0 spiro atoms. The Bertz CT molecular complexity index is 291. The summed E-state index contributed by atoms with van der Waals surface area (Å²) in [5.74, 6) is 0.0633. The second-order valence-corrected chi connectivity index (χ2v) is 5.58. The molecule has 0 aliphatic carbocycles. The van der Waals surface area contributed by atoms with Crippen molar-refractivity contribution in [3.05, 3.63) is 0 Å². The van der Waals surface area contributed by atoms with Gasteiger partial charge in [-0.1, -0.05) is 22.9 Å². The third-order valence-electron chi connectivity index (χ3n) is 3.10. The third kappa shape index (κ3) is 4.57. The summed E-state index contributed by atoms with van der Waals surface area (Å²) in [5.41, 5.74) is 0. The average Bonchev–Trinajstić information content (AvgIpc) is 2.38. The van der Waals surface area contributed by atoms with E-state index in [9.17, 15) is 9.59 Å². The summed E-state index contributed by atoms with van der Waals surface area (Å²) >= 11 is 3.33. The molecule has 1 heterocycles. The van der Waals surface area contributed by atoms with Crippen LogP contribution in [-0.2, 0) is 14.3 Å². The lowest BCUT2D eigenvalue weighted by molar-refractivity contribution is -0.136. The Morgan fingerprint density at radius 2 is 2.06 bits per heavy atom. The van der Waals surface area contributed by atoms with Crippen LogP contribution in [0.4, 0.5) is 0 Å². The molecule has 1 saturated heterocycles. The van der Waals surface area contributed by atoms with Gasteiger partial charge in [-0.3, -0.25) is 9.59 Å². The zero-order chi connectivity index (χ0) is 13.5. The minimum absolute atomic E-state index is 0.0224. The Morgan fingerprint density at radius 1 is 1.44 bits per heavy atom. The van der Waals surface area contributed by atoms with E-state index in [0.29, 0.717) is 13.1 Å². The molecule has 1 aliphatic heterocycles. The van der Waals surface area contributed by atoms with Crippen LogP contribution in [0.2, 0.25) is 0 Å². The molecule has 104 valence electrons. The number of nitrogens with one attached hydrogen (secondary N) is 1. The van der Waals surface area contributed by atoms with Gasteiger partial charge in [-0.25, -0.2) is 0 Å². The van der Waals surface area contributed by atoms with Gasteiger partial charge in [-0.2, -0.15) is 0 Å². The number of ether oxygens (including phenoxy) is 1. The molecule has 5 nitrogen and oxygen atoms in total. The molecule has 1 N–H and O–H groups in total. The summed E-state index contributed by atoms with van der Waals surface area (Å²) in [4.78, 5) is 25.0. The van der Waals surface area contributed by atoms with Gasteiger partial charge < -0.3 is 15.0 Å². The molecular weight excluding hydrogens is 300 g/mol. The lowest BCUT2D eigenvalue weighted by Crippen LogP contribution is -2.48. The van der Waals surface area contributed by atoms with Crippen molar-refractivity contribution in [2.75, 3.05) is 26.8 Å². The molecule has 0 bridgehead atoms. The van der Waals surface area contributed by atoms with E-state index in [4.69, 9.17) is 4.74 Å². The molecule has 1 rings (SSSR count). The molecule has 1 aliphatic rings. The number of likely N-dealkylation sites (tertiary alicyclic amines) is 1. The second kappa shape index (κ2) is 7.74. The summed E-state index contributed by atoms with van der Waals surface area (Å²) in [7, 11) is 1.52. The van der Waals surface area contributed by atoms with E-state index in [1.807, 2.05) is 6.92 Å². The van der Waals surface area contributed by atoms with Crippen molar-refractivity contribution >= 4 is 27.7 Å². The molecular formula is C12H21BrN2O3. The topological polar surface area (TPSA) is 58.6 Å². The average molecular weight is 321 g/mol. The Balaban J connectivity index is 2.31. The number of nitrogens with zero attached hydrogens (tertiary/aromatic N) is 1. The molecule has 18 heavy (non-hydrogen) atoms. The molecule has 0 radical (unpaired) electrons. The van der Waals surface area contributed by atoms with Gasteiger partial charge in [0.15, 0.2) is 0 Å². The van der Waals surface area contributed by atoms with Crippen molar-refractivity contribution in [1.29, 1.82) is 0 Å². The van der Waals surface area contributed by atoms with E-state index in [0.717, 1.165) is 19.3 Å². The lowest BCUT2D eigenvalue weighted by atomic mass is 10.0. The van der Waals surface area contributed by atoms with Crippen LogP contribution in [0.1, 0.15) is 26.2 Å². The van der Waals surface area contributed by atoms with Crippen molar-refractivity contribution < 1.29 is 14.3 Å². The quantitative estimate of drug-likeness (QED) is 0.766. The van der Waals surface area contributed by atoms with Crippen LogP contribution in [-0.4, -0.2) is 54.4 Å². The fourth-order valence-corrected chi connectivity index (χ4v) is 2.10. The first-order valence-corrected chi connectivity index (χ1v) is 7.21. The monoisotopic (exact) mass is 320 g/mol. The van der Waals surface area contributed by atoms with Crippen LogP contribution in [0.15, 0.2) is 0 Å². The number of piperidine rings is 1. The van der Waals surface area contributed by atoms with Crippen LogP contribution in [0.5, 0.6) is 0 Å². The van der Waals surface area contributed by atoms with Crippen LogP contribution in [0.25, 0.3) is 0 Å². The molecule has 0 saturated carbocycles.